The molecule has 24 heavy (non-hydrogen) atoms. The highest BCUT2D eigenvalue weighted by molar-refractivity contribution is 7.99. The number of carbonyl (C=O) groups is 1. The Hall–Kier alpha value is -1.78. The highest BCUT2D eigenvalue weighted by Gasteiger charge is 2.11. The molecule has 0 aromatic heterocycles. The number of carbonyl (C=O) groups excluding carboxylic acids is 1. The van der Waals surface area contributed by atoms with Gasteiger partial charge >= 0.3 is 0 Å². The van der Waals surface area contributed by atoms with E-state index < -0.39 is 6.10 Å². The summed E-state index contributed by atoms with van der Waals surface area (Å²) in [6.45, 7) is 4.11. The van der Waals surface area contributed by atoms with Crippen molar-refractivity contribution in [3.63, 3.8) is 0 Å². The Labute approximate surface area is 148 Å². The Balaban J connectivity index is 1.70. The molecular weight excluding hydrogens is 318 g/mol. The molecule has 2 N–H and O–H groups in total. The summed E-state index contributed by atoms with van der Waals surface area (Å²) >= 11 is 1.45. The van der Waals surface area contributed by atoms with Crippen LogP contribution >= 0.6 is 11.8 Å². The Kier molecular flexibility index (Phi) is 7.35. The highest BCUT2D eigenvalue weighted by Crippen LogP contribution is 2.17. The van der Waals surface area contributed by atoms with Crippen LogP contribution in [0.1, 0.15) is 29.7 Å². The van der Waals surface area contributed by atoms with Crippen LogP contribution in [0.4, 0.5) is 0 Å². The highest BCUT2D eigenvalue weighted by atomic mass is 32.2. The van der Waals surface area contributed by atoms with Crippen LogP contribution in [0.25, 0.3) is 0 Å². The zero-order valence-electron chi connectivity index (χ0n) is 14.2. The number of benzene rings is 2. The van der Waals surface area contributed by atoms with E-state index >= 15 is 0 Å². The van der Waals surface area contributed by atoms with E-state index in [0.717, 1.165) is 12.0 Å². The molecule has 3 nitrogen and oxygen atoms in total. The lowest BCUT2D eigenvalue weighted by Gasteiger charge is -2.16. The molecular formula is C20H25NO2S. The van der Waals surface area contributed by atoms with Crippen molar-refractivity contribution in [1.29, 1.82) is 0 Å². The van der Waals surface area contributed by atoms with Crippen molar-refractivity contribution in [2.45, 2.75) is 32.4 Å². The molecule has 2 atom stereocenters. The number of hydrogen-bond donors (Lipinski definition) is 2. The summed E-state index contributed by atoms with van der Waals surface area (Å²) in [5.41, 5.74) is 3.40. The van der Waals surface area contributed by atoms with Crippen LogP contribution in [0.5, 0.6) is 0 Å². The van der Waals surface area contributed by atoms with Gasteiger partial charge in [-0.25, -0.2) is 0 Å². The molecule has 0 saturated carbocycles. The fourth-order valence-electron chi connectivity index (χ4n) is 2.57. The standard InChI is InChI=1S/C20H25NO2S/c1-15-8-6-7-11-18(15)12-16(2)21-20(23)14-24-13-19(22)17-9-4-3-5-10-17/h3-11,16,19,22H,12-14H2,1-2H3,(H,21,23). The van der Waals surface area contributed by atoms with Gasteiger partial charge in [0.05, 0.1) is 11.9 Å². The molecule has 0 spiro atoms. The third kappa shape index (κ3) is 6.02. The van der Waals surface area contributed by atoms with Crippen LogP contribution in [0, 0.1) is 6.92 Å². The van der Waals surface area contributed by atoms with Crippen molar-refractivity contribution < 1.29 is 9.90 Å². The van der Waals surface area contributed by atoms with E-state index in [4.69, 9.17) is 0 Å². The Bertz CT molecular complexity index is 645. The number of aliphatic hydroxyl groups is 1. The monoisotopic (exact) mass is 343 g/mol. The number of aliphatic hydroxyl groups excluding tert-OH is 1. The van der Waals surface area contributed by atoms with Crippen LogP contribution in [0.2, 0.25) is 0 Å². The third-order valence-corrected chi connectivity index (χ3v) is 4.91. The van der Waals surface area contributed by atoms with E-state index in [2.05, 4.69) is 24.4 Å². The van der Waals surface area contributed by atoms with Crippen LogP contribution in [-0.4, -0.2) is 28.6 Å². The molecule has 2 aromatic rings. The van der Waals surface area contributed by atoms with Gasteiger partial charge in [-0.2, -0.15) is 0 Å². The number of aryl methyl sites for hydroxylation is 1. The number of rotatable bonds is 8. The predicted molar refractivity (Wildman–Crippen MR) is 101 cm³/mol. The van der Waals surface area contributed by atoms with E-state index in [0.29, 0.717) is 11.5 Å². The van der Waals surface area contributed by atoms with Gasteiger partial charge in [-0.3, -0.25) is 4.79 Å². The summed E-state index contributed by atoms with van der Waals surface area (Å²) in [4.78, 5) is 12.0. The first kappa shape index (κ1) is 18.6. The van der Waals surface area contributed by atoms with Gasteiger partial charge in [-0.05, 0) is 37.0 Å². The Morgan fingerprint density at radius 3 is 2.50 bits per heavy atom. The van der Waals surface area contributed by atoms with Crippen molar-refractivity contribution in [3.05, 3.63) is 71.3 Å². The lowest BCUT2D eigenvalue weighted by Crippen LogP contribution is -2.35. The Morgan fingerprint density at radius 2 is 1.79 bits per heavy atom. The van der Waals surface area contributed by atoms with Gasteiger partial charge < -0.3 is 10.4 Å². The minimum atomic E-state index is -0.534. The van der Waals surface area contributed by atoms with Gasteiger partial charge in [0.1, 0.15) is 0 Å². The molecule has 0 radical (unpaired) electrons. The second-order valence-electron chi connectivity index (χ2n) is 6.04. The zero-order valence-corrected chi connectivity index (χ0v) is 15.1. The quantitative estimate of drug-likeness (QED) is 0.771. The molecule has 0 heterocycles. The minimum absolute atomic E-state index is 0.0151. The van der Waals surface area contributed by atoms with Crippen molar-refractivity contribution in [1.82, 2.24) is 5.32 Å². The first-order valence-electron chi connectivity index (χ1n) is 8.21. The second kappa shape index (κ2) is 9.50. The van der Waals surface area contributed by atoms with Gasteiger partial charge in [0.2, 0.25) is 5.91 Å². The molecule has 4 heteroatoms. The van der Waals surface area contributed by atoms with Crippen LogP contribution in [0.15, 0.2) is 54.6 Å². The van der Waals surface area contributed by atoms with Gasteiger partial charge in [-0.1, -0.05) is 54.6 Å². The first-order valence-corrected chi connectivity index (χ1v) is 9.36. The minimum Gasteiger partial charge on any atom is -0.388 e. The SMILES string of the molecule is Cc1ccccc1CC(C)NC(=O)CSCC(O)c1ccccc1. The summed E-state index contributed by atoms with van der Waals surface area (Å²) in [6.07, 6.45) is 0.295. The van der Waals surface area contributed by atoms with Gasteiger partial charge in [0.15, 0.2) is 0 Å². The maximum absolute atomic E-state index is 12.0. The van der Waals surface area contributed by atoms with E-state index in [9.17, 15) is 9.90 Å². The third-order valence-electron chi connectivity index (χ3n) is 3.89. The lowest BCUT2D eigenvalue weighted by molar-refractivity contribution is -0.119. The average Bonchev–Trinajstić information content (AvgIpc) is 2.57. The van der Waals surface area contributed by atoms with Crippen molar-refractivity contribution in [2.75, 3.05) is 11.5 Å². The number of hydrogen-bond acceptors (Lipinski definition) is 3. The maximum atomic E-state index is 12.0. The van der Waals surface area contributed by atoms with E-state index in [1.54, 1.807) is 0 Å². The smallest absolute Gasteiger partial charge is 0.230 e. The average molecular weight is 343 g/mol. The molecule has 0 bridgehead atoms. The topological polar surface area (TPSA) is 49.3 Å². The van der Waals surface area contributed by atoms with Gasteiger partial charge in [0.25, 0.3) is 0 Å². The molecule has 2 unspecified atom stereocenters. The van der Waals surface area contributed by atoms with Crippen LogP contribution in [-0.2, 0) is 11.2 Å². The predicted octanol–water partition coefficient (Wildman–Crippen LogP) is 3.51. The van der Waals surface area contributed by atoms with Crippen LogP contribution in [0.3, 0.4) is 0 Å². The molecule has 0 aliphatic carbocycles. The number of amides is 1. The lowest BCUT2D eigenvalue weighted by atomic mass is 10.0. The molecule has 2 aromatic carbocycles. The van der Waals surface area contributed by atoms with Crippen molar-refractivity contribution in [3.8, 4) is 0 Å². The summed E-state index contributed by atoms with van der Waals surface area (Å²) in [5.74, 6) is 0.896. The zero-order chi connectivity index (χ0) is 17.4. The van der Waals surface area contributed by atoms with E-state index in [1.165, 1.54) is 22.9 Å². The molecule has 0 fully saturated rings. The molecule has 2 rings (SSSR count). The van der Waals surface area contributed by atoms with Crippen molar-refractivity contribution in [2.24, 2.45) is 0 Å². The van der Waals surface area contributed by atoms with Crippen molar-refractivity contribution >= 4 is 17.7 Å². The largest absolute Gasteiger partial charge is 0.388 e. The summed E-state index contributed by atoms with van der Waals surface area (Å²) < 4.78 is 0. The molecule has 0 aliphatic heterocycles. The second-order valence-corrected chi connectivity index (χ2v) is 7.07. The Morgan fingerprint density at radius 1 is 1.12 bits per heavy atom. The molecule has 128 valence electrons. The number of thioether (sulfide) groups is 1. The fraction of sp³-hybridized carbons (Fsp3) is 0.350. The van der Waals surface area contributed by atoms with E-state index in [1.807, 2.05) is 49.4 Å². The molecule has 0 aliphatic rings. The molecule has 1 amide bonds. The fourth-order valence-corrected chi connectivity index (χ4v) is 3.37. The number of nitrogens with one attached hydrogen (secondary N) is 1. The maximum Gasteiger partial charge on any atom is 0.230 e. The van der Waals surface area contributed by atoms with Gasteiger partial charge in [-0.15, -0.1) is 11.8 Å². The molecule has 0 saturated heterocycles. The van der Waals surface area contributed by atoms with Crippen LogP contribution < -0.4 is 5.32 Å². The normalized spacial score (nSPS) is 13.3. The summed E-state index contributed by atoms with van der Waals surface area (Å²) in [5, 5.41) is 13.1. The van der Waals surface area contributed by atoms with Gasteiger partial charge in [0, 0.05) is 11.8 Å². The first-order chi connectivity index (χ1) is 11.6. The van der Waals surface area contributed by atoms with E-state index in [-0.39, 0.29) is 11.9 Å². The summed E-state index contributed by atoms with van der Waals surface area (Å²) in [7, 11) is 0. The summed E-state index contributed by atoms with van der Waals surface area (Å²) in [6, 6.07) is 17.9.